The topological polar surface area (TPSA) is 42.8 Å². The third-order valence-corrected chi connectivity index (χ3v) is 3.27. The van der Waals surface area contributed by atoms with Gasteiger partial charge in [0.05, 0.1) is 6.10 Å². The van der Waals surface area contributed by atoms with E-state index in [9.17, 15) is 0 Å². The highest BCUT2D eigenvalue weighted by Gasteiger charge is 2.28. The number of rotatable bonds is 7. The molecule has 1 N–H and O–H groups in total. The monoisotopic (exact) mass is 255 g/mol. The summed E-state index contributed by atoms with van der Waals surface area (Å²) < 4.78 is 8.44. The summed E-state index contributed by atoms with van der Waals surface area (Å²) in [4.78, 5) is 0. The van der Waals surface area contributed by atoms with Crippen LogP contribution in [0, 0.1) is 4.77 Å². The molecule has 5 heteroatoms. The summed E-state index contributed by atoms with van der Waals surface area (Å²) >= 11 is 5.25. The van der Waals surface area contributed by atoms with Gasteiger partial charge in [0.2, 0.25) is 0 Å². The third-order valence-electron chi connectivity index (χ3n) is 2.96. The van der Waals surface area contributed by atoms with Crippen molar-refractivity contribution in [2.75, 3.05) is 6.61 Å². The minimum atomic E-state index is 0.327. The molecule has 1 heterocycles. The number of aromatic nitrogens is 3. The van der Waals surface area contributed by atoms with E-state index in [0.29, 0.717) is 12.0 Å². The first kappa shape index (κ1) is 12.8. The van der Waals surface area contributed by atoms with E-state index in [0.717, 1.165) is 36.6 Å². The molecule has 0 saturated heterocycles. The van der Waals surface area contributed by atoms with Crippen LogP contribution in [-0.4, -0.2) is 27.5 Å². The molecule has 0 unspecified atom stereocenters. The summed E-state index contributed by atoms with van der Waals surface area (Å²) in [6.07, 6.45) is 5.02. The van der Waals surface area contributed by atoms with Gasteiger partial charge in [0.25, 0.3) is 0 Å². The van der Waals surface area contributed by atoms with Crippen molar-refractivity contribution in [3.63, 3.8) is 0 Å². The molecule has 17 heavy (non-hydrogen) atoms. The van der Waals surface area contributed by atoms with Gasteiger partial charge in [0, 0.05) is 19.1 Å². The minimum absolute atomic E-state index is 0.327. The summed E-state index contributed by atoms with van der Waals surface area (Å²) in [7, 11) is 0. The van der Waals surface area contributed by atoms with Gasteiger partial charge in [-0.1, -0.05) is 0 Å². The quantitative estimate of drug-likeness (QED) is 0.601. The van der Waals surface area contributed by atoms with Gasteiger partial charge in [-0.25, -0.2) is 0 Å². The van der Waals surface area contributed by atoms with E-state index in [4.69, 9.17) is 17.0 Å². The van der Waals surface area contributed by atoms with Crippen molar-refractivity contribution in [3.8, 4) is 0 Å². The molecule has 1 saturated carbocycles. The molecule has 1 aromatic heterocycles. The van der Waals surface area contributed by atoms with Crippen molar-refractivity contribution in [1.82, 2.24) is 14.8 Å². The van der Waals surface area contributed by atoms with E-state index < -0.39 is 0 Å². The fourth-order valence-corrected chi connectivity index (χ4v) is 2.12. The van der Waals surface area contributed by atoms with Crippen molar-refractivity contribution in [3.05, 3.63) is 10.6 Å². The molecule has 0 aromatic carbocycles. The summed E-state index contributed by atoms with van der Waals surface area (Å²) in [5.41, 5.74) is 0. The Hall–Kier alpha value is -0.680. The van der Waals surface area contributed by atoms with E-state index in [-0.39, 0.29) is 0 Å². The molecule has 0 amide bonds. The number of nitrogens with zero attached hydrogens (tertiary/aromatic N) is 2. The smallest absolute Gasteiger partial charge is 0.195 e. The lowest BCUT2D eigenvalue weighted by Gasteiger charge is -2.08. The van der Waals surface area contributed by atoms with Crippen molar-refractivity contribution < 1.29 is 4.74 Å². The average molecular weight is 255 g/mol. The molecule has 0 bridgehead atoms. The fraction of sp³-hybridized carbons (Fsp3) is 0.833. The Bertz CT molecular complexity index is 406. The maximum absolute atomic E-state index is 5.52. The van der Waals surface area contributed by atoms with Crippen molar-refractivity contribution >= 4 is 12.2 Å². The van der Waals surface area contributed by atoms with Crippen LogP contribution in [0.25, 0.3) is 0 Å². The molecular formula is C12H21N3OS. The van der Waals surface area contributed by atoms with Crippen molar-refractivity contribution in [1.29, 1.82) is 0 Å². The summed E-state index contributed by atoms with van der Waals surface area (Å²) in [6, 6.07) is 0. The number of H-pyrrole nitrogens is 1. The fourth-order valence-electron chi connectivity index (χ4n) is 1.89. The largest absolute Gasteiger partial charge is 0.379 e. The second-order valence-corrected chi connectivity index (χ2v) is 5.33. The predicted molar refractivity (Wildman–Crippen MR) is 69.7 cm³/mol. The van der Waals surface area contributed by atoms with Crippen LogP contribution in [0.1, 0.15) is 51.3 Å². The normalized spacial score (nSPS) is 15.7. The Morgan fingerprint density at radius 2 is 2.24 bits per heavy atom. The van der Waals surface area contributed by atoms with Crippen LogP contribution in [0.5, 0.6) is 0 Å². The molecule has 1 fully saturated rings. The van der Waals surface area contributed by atoms with Gasteiger partial charge in [-0.15, -0.1) is 0 Å². The zero-order chi connectivity index (χ0) is 12.3. The lowest BCUT2D eigenvalue weighted by molar-refractivity contribution is 0.0754. The number of unbranched alkanes of at least 4 members (excludes halogenated alkanes) is 1. The summed E-state index contributed by atoms with van der Waals surface area (Å²) in [6.45, 7) is 5.93. The molecule has 1 aliphatic rings. The summed E-state index contributed by atoms with van der Waals surface area (Å²) in [5, 5.41) is 7.22. The predicted octanol–water partition coefficient (Wildman–Crippen LogP) is 3.02. The average Bonchev–Trinajstić information content (AvgIpc) is 3.04. The molecule has 0 aliphatic heterocycles. The highest BCUT2D eigenvalue weighted by atomic mass is 32.1. The Balaban J connectivity index is 1.78. The second kappa shape index (κ2) is 5.78. The Kier molecular flexibility index (Phi) is 4.34. The van der Waals surface area contributed by atoms with Gasteiger partial charge < -0.3 is 9.30 Å². The molecule has 96 valence electrons. The Morgan fingerprint density at radius 3 is 2.88 bits per heavy atom. The number of nitrogens with one attached hydrogen (secondary N) is 1. The maximum atomic E-state index is 5.52. The Morgan fingerprint density at radius 1 is 1.47 bits per heavy atom. The SMILES string of the molecule is CC(C)OCCCCn1c(C2CC2)n[nH]c1=S. The van der Waals surface area contributed by atoms with Gasteiger partial charge in [-0.05, 0) is 51.7 Å². The lowest BCUT2D eigenvalue weighted by atomic mass is 10.3. The van der Waals surface area contributed by atoms with Crippen molar-refractivity contribution in [2.45, 2.75) is 58.1 Å². The number of ether oxygens (including phenoxy) is 1. The van der Waals surface area contributed by atoms with Crippen LogP contribution in [0.4, 0.5) is 0 Å². The first-order valence-electron chi connectivity index (χ1n) is 6.45. The zero-order valence-corrected chi connectivity index (χ0v) is 11.4. The lowest BCUT2D eigenvalue weighted by Crippen LogP contribution is -2.07. The van der Waals surface area contributed by atoms with E-state index in [2.05, 4.69) is 28.6 Å². The van der Waals surface area contributed by atoms with E-state index in [1.54, 1.807) is 0 Å². The van der Waals surface area contributed by atoms with Gasteiger partial charge in [-0.3, -0.25) is 5.10 Å². The Labute approximate surface area is 107 Å². The van der Waals surface area contributed by atoms with E-state index in [1.807, 2.05) is 0 Å². The van der Waals surface area contributed by atoms with Crippen LogP contribution in [-0.2, 0) is 11.3 Å². The van der Waals surface area contributed by atoms with Crippen molar-refractivity contribution in [2.24, 2.45) is 0 Å². The molecule has 4 nitrogen and oxygen atoms in total. The molecule has 2 rings (SSSR count). The number of aromatic amines is 1. The third kappa shape index (κ3) is 3.64. The highest BCUT2D eigenvalue weighted by molar-refractivity contribution is 7.71. The second-order valence-electron chi connectivity index (χ2n) is 4.94. The van der Waals surface area contributed by atoms with E-state index in [1.165, 1.54) is 12.8 Å². The minimum Gasteiger partial charge on any atom is -0.379 e. The van der Waals surface area contributed by atoms with Crippen LogP contribution < -0.4 is 0 Å². The highest BCUT2D eigenvalue weighted by Crippen LogP contribution is 2.38. The van der Waals surface area contributed by atoms with Gasteiger partial charge in [0.1, 0.15) is 5.82 Å². The maximum Gasteiger partial charge on any atom is 0.195 e. The van der Waals surface area contributed by atoms with Crippen LogP contribution in [0.15, 0.2) is 0 Å². The van der Waals surface area contributed by atoms with Gasteiger partial charge in [0.15, 0.2) is 4.77 Å². The molecule has 0 spiro atoms. The first-order valence-corrected chi connectivity index (χ1v) is 6.86. The van der Waals surface area contributed by atoms with Gasteiger partial charge >= 0.3 is 0 Å². The first-order chi connectivity index (χ1) is 8.18. The number of hydrogen-bond donors (Lipinski definition) is 1. The molecule has 1 aromatic rings. The van der Waals surface area contributed by atoms with E-state index >= 15 is 0 Å². The molecule has 0 atom stereocenters. The van der Waals surface area contributed by atoms with Gasteiger partial charge in [-0.2, -0.15) is 5.10 Å². The zero-order valence-electron chi connectivity index (χ0n) is 10.6. The summed E-state index contributed by atoms with van der Waals surface area (Å²) in [5.74, 6) is 1.80. The van der Waals surface area contributed by atoms with Crippen LogP contribution >= 0.6 is 12.2 Å². The number of hydrogen-bond acceptors (Lipinski definition) is 3. The van der Waals surface area contributed by atoms with Crippen LogP contribution in [0.3, 0.4) is 0 Å². The molecule has 0 radical (unpaired) electrons. The molecular weight excluding hydrogens is 234 g/mol. The standard InChI is InChI=1S/C12H21N3OS/c1-9(2)16-8-4-3-7-15-11(10-5-6-10)13-14-12(15)17/h9-10H,3-8H2,1-2H3,(H,14,17). The molecule has 1 aliphatic carbocycles. The van der Waals surface area contributed by atoms with Crippen LogP contribution in [0.2, 0.25) is 0 Å².